The van der Waals surface area contributed by atoms with Crippen LogP contribution in [0.15, 0.2) is 113 Å². The number of aromatic amines is 2. The van der Waals surface area contributed by atoms with Crippen molar-refractivity contribution in [2.24, 2.45) is 10.2 Å². The summed E-state index contributed by atoms with van der Waals surface area (Å²) in [6, 6.07) is 40.0. The van der Waals surface area contributed by atoms with Crippen molar-refractivity contribution in [3.63, 3.8) is 0 Å². The maximum absolute atomic E-state index is 11.4. The van der Waals surface area contributed by atoms with Crippen molar-refractivity contribution in [2.45, 2.75) is 83.6 Å². The van der Waals surface area contributed by atoms with Crippen LogP contribution in [0.4, 0.5) is 0 Å². The monoisotopic (exact) mass is 2180 g/mol. The number of hydrogen-bond acceptors (Lipinski definition) is 8. The number of aldehydes is 1. The number of ether oxygens (including phenoxy) is 2. The Hall–Kier alpha value is 7.85. The Bertz CT molecular complexity index is 2230. The Balaban J connectivity index is -0.0000000258. The number of carbonyl (C=O) groups excluding carboxylic acids is 3. The van der Waals surface area contributed by atoms with Gasteiger partial charge in [-0.3, -0.25) is 0 Å². The molecule has 4 aromatic carbocycles. The van der Waals surface area contributed by atoms with E-state index in [2.05, 4.69) is 54.3 Å². The molecule has 14 radical (unpaired) electrons. The second-order valence-electron chi connectivity index (χ2n) is 10.1. The Kier molecular flexibility index (Phi) is 218. The first-order valence-corrected chi connectivity index (χ1v) is 20.4. The Morgan fingerprint density at radius 1 is 0.549 bits per heavy atom. The third-order valence-corrected chi connectivity index (χ3v) is 6.35. The van der Waals surface area contributed by atoms with Gasteiger partial charge in [-0.2, -0.15) is 0 Å². The first-order chi connectivity index (χ1) is 30.7. The van der Waals surface area contributed by atoms with E-state index in [1.54, 1.807) is 81.4 Å². The van der Waals surface area contributed by atoms with Gasteiger partial charge in [0.15, 0.2) is 0 Å². The van der Waals surface area contributed by atoms with Gasteiger partial charge in [-0.05, 0) is 35.9 Å². The van der Waals surface area contributed by atoms with Gasteiger partial charge in [-0.25, -0.2) is 14.4 Å². The van der Waals surface area contributed by atoms with E-state index in [-0.39, 0.29) is 519 Å². The second-order valence-corrected chi connectivity index (χ2v) is 10.1. The molecule has 6 aromatic rings. The molecule has 0 saturated carbocycles. The molecule has 2 aromatic heterocycles. The number of nitrogens with zero attached hydrogens (tertiary/aromatic N) is 6. The molecule has 6 rings (SSSR count). The minimum atomic E-state index is -0.945. The molecule has 0 amide bonds. The van der Waals surface area contributed by atoms with Crippen molar-refractivity contribution in [1.29, 1.82) is 0 Å². The molecule has 0 saturated heterocycles. The van der Waals surface area contributed by atoms with E-state index < -0.39 is 11.9 Å². The minimum absolute atomic E-state index is 0. The number of benzene rings is 4. The van der Waals surface area contributed by atoms with Crippen molar-refractivity contribution in [1.82, 2.24) is 9.97 Å². The summed E-state index contributed by atoms with van der Waals surface area (Å²) in [5, 5.41) is 16.8. The zero-order valence-electron chi connectivity index (χ0n) is 50.2. The van der Waals surface area contributed by atoms with Crippen LogP contribution in [0.1, 0.15) is 120 Å². The van der Waals surface area contributed by atoms with E-state index in [0.29, 0.717) is 30.0 Å². The number of hydrogen-bond donors (Lipinski definition) is 3. The second kappa shape index (κ2) is 116. The SMILES string of the molecule is C.CC.CC.CC.CC.CCN=[N+]=[N-].CCOC(=O)/C(=C\c1[c-]cccc1)N=[N+]=[N-].CCOC(=O)c1cc2[c-]cccc2[nH]1.O=C(O)c1cc2[c-]cccc2[nH]1.O=Cc1[c-]cccc1.[CH3-].[CH3-].[CH3-].[CH3-].[Y].[Y].[Y].[Y].[Y].[Y].[Y].[Y].[Y].[Y].[Y].[Y].[Y].[Y]. The van der Waals surface area contributed by atoms with Gasteiger partial charge in [-0.1, -0.05) is 80.0 Å². The van der Waals surface area contributed by atoms with E-state index in [1.165, 1.54) is 6.08 Å². The van der Waals surface area contributed by atoms with E-state index in [1.807, 2.05) is 91.8 Å². The predicted molar refractivity (Wildman–Crippen MR) is 284 cm³/mol. The summed E-state index contributed by atoms with van der Waals surface area (Å²) < 4.78 is 9.62. The molecular formula is C53H76N8O7Y14-8. The summed E-state index contributed by atoms with van der Waals surface area (Å²) in [7, 11) is 0. The van der Waals surface area contributed by atoms with Crippen LogP contribution in [-0.2, 0) is 472 Å². The van der Waals surface area contributed by atoms with Gasteiger partial charge < -0.3 is 59.0 Å². The van der Waals surface area contributed by atoms with Gasteiger partial charge >= 0.3 is 17.9 Å². The molecular weight excluding hydrogens is 2110 g/mol. The van der Waals surface area contributed by atoms with Gasteiger partial charge in [0.05, 0.1) is 36.6 Å². The topological polar surface area (TPSA) is 236 Å². The quantitative estimate of drug-likeness (QED) is 0.0240. The Morgan fingerprint density at radius 2 is 0.915 bits per heavy atom. The number of azide groups is 2. The summed E-state index contributed by atoms with van der Waals surface area (Å²) in [6.45, 7) is 22.4. The fourth-order valence-electron chi connectivity index (χ4n) is 4.01. The van der Waals surface area contributed by atoms with Crippen LogP contribution in [0, 0.1) is 54.0 Å². The zero-order chi connectivity index (χ0) is 48.3. The summed E-state index contributed by atoms with van der Waals surface area (Å²) in [5.74, 6) is -1.91. The maximum atomic E-state index is 11.4. The first kappa shape index (κ1) is 154. The zero-order valence-corrected chi connectivity index (χ0v) is 89.9. The van der Waals surface area contributed by atoms with Gasteiger partial charge in [0.25, 0.3) is 0 Å². The van der Waals surface area contributed by atoms with Gasteiger partial charge in [0.1, 0.15) is 0 Å². The fourth-order valence-corrected chi connectivity index (χ4v) is 4.01. The number of carbonyl (C=O) groups is 4. The molecule has 2 heterocycles. The molecule has 29 heteroatoms. The van der Waals surface area contributed by atoms with Crippen LogP contribution >= 0.6 is 0 Å². The molecule has 0 aliphatic rings. The van der Waals surface area contributed by atoms with Crippen LogP contribution < -0.4 is 0 Å². The number of carboxylic acid groups (broad SMARTS) is 1. The summed E-state index contributed by atoms with van der Waals surface area (Å²) in [5.41, 5.74) is 19.4. The molecule has 0 unspecified atom stereocenters. The molecule has 0 spiro atoms. The number of esters is 2. The average molecular weight is 2180 g/mol. The van der Waals surface area contributed by atoms with Gasteiger partial charge in [-0.15, -0.1) is 149 Å². The van der Waals surface area contributed by atoms with Crippen molar-refractivity contribution < 1.29 is 492 Å². The van der Waals surface area contributed by atoms with E-state index >= 15 is 0 Å². The van der Waals surface area contributed by atoms with Crippen molar-refractivity contribution in [3.05, 3.63) is 200 Å². The van der Waals surface area contributed by atoms with Crippen LogP contribution in [0.2, 0.25) is 0 Å². The molecule has 420 valence electrons. The first-order valence-electron chi connectivity index (χ1n) is 20.4. The molecule has 0 atom stereocenters. The van der Waals surface area contributed by atoms with E-state index in [0.717, 1.165) is 28.1 Å². The average Bonchev–Trinajstić information content (AvgIpc) is 3.99. The molecule has 82 heavy (non-hydrogen) atoms. The summed E-state index contributed by atoms with van der Waals surface area (Å²) >= 11 is 0. The number of H-pyrrole nitrogens is 2. The third kappa shape index (κ3) is 80.3. The van der Waals surface area contributed by atoms with E-state index in [4.69, 9.17) is 25.6 Å². The number of aromatic carboxylic acids is 1. The molecule has 0 aliphatic heterocycles. The standard InChI is InChI=1S/C11H10N3O2.C11H10NO2.C9H6NO2.C7H5O.C2H5N3.4C2H6.CH4.4CH3.14Y/c1-2-16-11(15)10(13-14-12)8-9-6-4-3-5-7-9;1-2-14-11(13)10-7-8-5-3-4-6-9(8)12-10;11-9(12)8-5-6-3-1-2-4-7(6)10-8;8-6-7-4-2-1-3-5-7;1-2-4-5-3;4*1-2;;;;;;;;;;;;;;;;;;;/h3-6,8H,2H2,1H3;3-4,6-7,12H,2H2,1H3;1-2,4-5,10H,(H,11,12);1-4,6H;2H2,1H3;4*1-2H3;1H4;4*1H3;;;;;;;;;;;;;;/q4*-1;;;;;;;4*-1;;;;;;;;;;;;;;/b10-8+;;;;;;;;;;;;;;;;;;;;;;;;;;;. The predicted octanol–water partition coefficient (Wildman–Crippen LogP) is 15.6. The molecule has 15 nitrogen and oxygen atoms in total. The number of carboxylic acids is 1. The molecule has 3 N–H and O–H groups in total. The molecule has 0 aliphatic carbocycles. The largest absolute Gasteiger partial charge is 0.477 e. The van der Waals surface area contributed by atoms with Crippen LogP contribution in [0.25, 0.3) is 48.8 Å². The summed E-state index contributed by atoms with van der Waals surface area (Å²) in [4.78, 5) is 54.0. The fraction of sp³-hybridized carbons (Fsp3) is 0.283. The molecule has 0 bridgehead atoms. The normalized spacial score (nSPS) is 6.79. The number of rotatable bonds is 9. The Morgan fingerprint density at radius 3 is 1.20 bits per heavy atom. The minimum Gasteiger partial charge on any atom is -0.477 e. The van der Waals surface area contributed by atoms with Crippen LogP contribution in [-0.4, -0.2) is 59.0 Å². The third-order valence-electron chi connectivity index (χ3n) is 6.35. The van der Waals surface area contributed by atoms with Crippen molar-refractivity contribution in [2.75, 3.05) is 19.8 Å². The van der Waals surface area contributed by atoms with Crippen molar-refractivity contribution >= 4 is 52.1 Å². The van der Waals surface area contributed by atoms with E-state index in [9.17, 15) is 19.2 Å². The van der Waals surface area contributed by atoms with Crippen LogP contribution in [0.5, 0.6) is 0 Å². The van der Waals surface area contributed by atoms with Crippen LogP contribution in [0.3, 0.4) is 0 Å². The Labute approximate surface area is 847 Å². The number of fused-ring (bicyclic) bond motifs is 2. The summed E-state index contributed by atoms with van der Waals surface area (Å²) in [6.07, 6.45) is 2.21. The van der Waals surface area contributed by atoms with Gasteiger partial charge in [0.2, 0.25) is 0 Å². The van der Waals surface area contributed by atoms with Gasteiger partial charge in [0, 0.05) is 474 Å². The number of nitrogens with one attached hydrogen (secondary N) is 2. The smallest absolute Gasteiger partial charge is 0.344 e. The maximum Gasteiger partial charge on any atom is 0.344 e. The number of aromatic nitrogens is 2. The van der Waals surface area contributed by atoms with Crippen molar-refractivity contribution in [3.8, 4) is 0 Å². The molecule has 0 fully saturated rings.